The summed E-state index contributed by atoms with van der Waals surface area (Å²) in [6.45, 7) is 4.60. The molecule has 1 aliphatic heterocycles. The number of aryl methyl sites for hydroxylation is 2. The van der Waals surface area contributed by atoms with E-state index < -0.39 is 0 Å². The quantitative estimate of drug-likeness (QED) is 0.484. The Hall–Kier alpha value is -3.25. The number of thioether (sulfide) groups is 1. The van der Waals surface area contributed by atoms with Crippen molar-refractivity contribution in [2.75, 3.05) is 16.4 Å². The van der Waals surface area contributed by atoms with Gasteiger partial charge in [-0.15, -0.1) is 0 Å². The van der Waals surface area contributed by atoms with E-state index in [4.69, 9.17) is 0 Å². The Morgan fingerprint density at radius 2 is 1.78 bits per heavy atom. The molecule has 3 aromatic carbocycles. The molecule has 32 heavy (non-hydrogen) atoms. The minimum absolute atomic E-state index is 0.0769. The van der Waals surface area contributed by atoms with E-state index in [1.165, 1.54) is 16.7 Å². The number of hydrogen-bond acceptors (Lipinski definition) is 4. The van der Waals surface area contributed by atoms with Crippen LogP contribution < -0.4 is 16.0 Å². The SMILES string of the molecule is Cc1ccc(CNC(=O)c2ccc3c(c2)NC(=O)[C@H](CSCc2ccccc2C)N3)cc1. The summed E-state index contributed by atoms with van der Waals surface area (Å²) in [5, 5.41) is 9.20. The Labute approximate surface area is 193 Å². The number of carbonyl (C=O) groups is 2. The summed E-state index contributed by atoms with van der Waals surface area (Å²) in [5.74, 6) is 1.29. The van der Waals surface area contributed by atoms with Crippen molar-refractivity contribution in [3.63, 3.8) is 0 Å². The van der Waals surface area contributed by atoms with Crippen LogP contribution in [0.25, 0.3) is 0 Å². The van der Waals surface area contributed by atoms with Crippen LogP contribution in [0.5, 0.6) is 0 Å². The fraction of sp³-hybridized carbons (Fsp3) is 0.231. The Morgan fingerprint density at radius 1 is 1.00 bits per heavy atom. The number of rotatable bonds is 7. The maximum Gasteiger partial charge on any atom is 0.251 e. The van der Waals surface area contributed by atoms with E-state index in [1.54, 1.807) is 23.9 Å². The summed E-state index contributed by atoms with van der Waals surface area (Å²) in [6.07, 6.45) is 0. The molecule has 0 bridgehead atoms. The van der Waals surface area contributed by atoms with Gasteiger partial charge in [-0.3, -0.25) is 9.59 Å². The average Bonchev–Trinajstić information content (AvgIpc) is 2.79. The largest absolute Gasteiger partial charge is 0.371 e. The van der Waals surface area contributed by atoms with Gasteiger partial charge in [0.05, 0.1) is 11.4 Å². The molecule has 0 radical (unpaired) electrons. The van der Waals surface area contributed by atoms with E-state index in [2.05, 4.69) is 35.0 Å². The van der Waals surface area contributed by atoms with Crippen molar-refractivity contribution >= 4 is 35.0 Å². The zero-order valence-corrected chi connectivity index (χ0v) is 19.1. The lowest BCUT2D eigenvalue weighted by atomic mass is 10.1. The lowest BCUT2D eigenvalue weighted by Gasteiger charge is -2.27. The van der Waals surface area contributed by atoms with Crippen molar-refractivity contribution in [1.29, 1.82) is 0 Å². The minimum Gasteiger partial charge on any atom is -0.371 e. The van der Waals surface area contributed by atoms with Crippen molar-refractivity contribution in [3.8, 4) is 0 Å². The number of benzene rings is 3. The van der Waals surface area contributed by atoms with E-state index >= 15 is 0 Å². The van der Waals surface area contributed by atoms with Crippen LogP contribution in [0.4, 0.5) is 11.4 Å². The molecule has 2 amide bonds. The maximum atomic E-state index is 12.6. The predicted molar refractivity (Wildman–Crippen MR) is 132 cm³/mol. The first-order chi connectivity index (χ1) is 15.5. The van der Waals surface area contributed by atoms with Gasteiger partial charge in [-0.1, -0.05) is 54.1 Å². The fourth-order valence-corrected chi connectivity index (χ4v) is 4.69. The highest BCUT2D eigenvalue weighted by Crippen LogP contribution is 2.29. The van der Waals surface area contributed by atoms with Crippen molar-refractivity contribution in [2.24, 2.45) is 0 Å². The molecule has 1 atom stereocenters. The van der Waals surface area contributed by atoms with E-state index in [-0.39, 0.29) is 17.9 Å². The molecule has 0 fully saturated rings. The highest BCUT2D eigenvalue weighted by Gasteiger charge is 2.26. The smallest absolute Gasteiger partial charge is 0.251 e. The van der Waals surface area contributed by atoms with Gasteiger partial charge in [-0.2, -0.15) is 11.8 Å². The standard InChI is InChI=1S/C26H27N3O2S/c1-17-7-9-19(10-8-17)14-27-25(30)20-11-12-22-23(13-20)29-26(31)24(28-22)16-32-15-21-6-4-3-5-18(21)2/h3-13,24,28H,14-16H2,1-2H3,(H,27,30)(H,29,31)/t24-/m0/s1. The predicted octanol–water partition coefficient (Wildman–Crippen LogP) is 4.90. The second kappa shape index (κ2) is 9.92. The number of carbonyl (C=O) groups excluding carboxylic acids is 2. The normalized spacial score (nSPS) is 14.8. The molecule has 1 aliphatic rings. The Morgan fingerprint density at radius 3 is 2.56 bits per heavy atom. The summed E-state index contributed by atoms with van der Waals surface area (Å²) >= 11 is 1.73. The highest BCUT2D eigenvalue weighted by molar-refractivity contribution is 7.98. The second-order valence-electron chi connectivity index (χ2n) is 8.06. The summed E-state index contributed by atoms with van der Waals surface area (Å²) < 4.78 is 0. The zero-order valence-electron chi connectivity index (χ0n) is 18.3. The zero-order chi connectivity index (χ0) is 22.5. The monoisotopic (exact) mass is 445 g/mol. The lowest BCUT2D eigenvalue weighted by molar-refractivity contribution is -0.116. The number of fused-ring (bicyclic) bond motifs is 1. The maximum absolute atomic E-state index is 12.6. The number of amides is 2. The third kappa shape index (κ3) is 5.32. The molecule has 3 aromatic rings. The molecular formula is C26H27N3O2S. The molecule has 3 N–H and O–H groups in total. The van der Waals surface area contributed by atoms with Crippen LogP contribution in [0, 0.1) is 13.8 Å². The second-order valence-corrected chi connectivity index (χ2v) is 9.09. The molecule has 0 saturated heterocycles. The van der Waals surface area contributed by atoms with E-state index in [9.17, 15) is 9.59 Å². The number of anilines is 2. The molecule has 0 spiro atoms. The van der Waals surface area contributed by atoms with Gasteiger partial charge in [-0.05, 0) is 48.7 Å². The van der Waals surface area contributed by atoms with E-state index in [0.717, 1.165) is 17.0 Å². The van der Waals surface area contributed by atoms with Gasteiger partial charge in [0.1, 0.15) is 6.04 Å². The minimum atomic E-state index is -0.308. The molecule has 0 aromatic heterocycles. The van der Waals surface area contributed by atoms with Gasteiger partial charge in [0, 0.05) is 23.6 Å². The van der Waals surface area contributed by atoms with Gasteiger partial charge in [-0.25, -0.2) is 0 Å². The molecule has 1 heterocycles. The Bertz CT molecular complexity index is 1130. The molecule has 6 heteroatoms. The van der Waals surface area contributed by atoms with Crippen molar-refractivity contribution in [2.45, 2.75) is 32.2 Å². The topological polar surface area (TPSA) is 70.2 Å². The molecule has 4 rings (SSSR count). The first-order valence-electron chi connectivity index (χ1n) is 10.7. The molecule has 5 nitrogen and oxygen atoms in total. The Balaban J connectivity index is 1.34. The first kappa shape index (κ1) is 22.0. The lowest BCUT2D eigenvalue weighted by Crippen LogP contribution is -2.40. The summed E-state index contributed by atoms with van der Waals surface area (Å²) in [5.41, 5.74) is 6.77. The van der Waals surface area contributed by atoms with Gasteiger partial charge >= 0.3 is 0 Å². The Kier molecular flexibility index (Phi) is 6.81. The summed E-state index contributed by atoms with van der Waals surface area (Å²) in [6, 6.07) is 21.4. The highest BCUT2D eigenvalue weighted by atomic mass is 32.2. The average molecular weight is 446 g/mol. The van der Waals surface area contributed by atoms with Crippen molar-refractivity contribution in [3.05, 3.63) is 94.5 Å². The number of nitrogens with one attached hydrogen (secondary N) is 3. The van der Waals surface area contributed by atoms with E-state index in [1.807, 2.05) is 49.4 Å². The van der Waals surface area contributed by atoms with Crippen LogP contribution in [-0.4, -0.2) is 23.6 Å². The van der Waals surface area contributed by atoms with Gasteiger partial charge < -0.3 is 16.0 Å². The molecule has 164 valence electrons. The fourth-order valence-electron chi connectivity index (χ4n) is 3.55. The van der Waals surface area contributed by atoms with E-state index in [0.29, 0.717) is 23.5 Å². The first-order valence-corrected chi connectivity index (χ1v) is 11.8. The summed E-state index contributed by atoms with van der Waals surface area (Å²) in [4.78, 5) is 25.2. The van der Waals surface area contributed by atoms with Crippen LogP contribution in [0.3, 0.4) is 0 Å². The van der Waals surface area contributed by atoms with Crippen molar-refractivity contribution < 1.29 is 9.59 Å². The third-order valence-electron chi connectivity index (χ3n) is 5.56. The van der Waals surface area contributed by atoms with Crippen LogP contribution >= 0.6 is 11.8 Å². The summed E-state index contributed by atoms with van der Waals surface area (Å²) in [7, 11) is 0. The molecule has 0 saturated carbocycles. The van der Waals surface area contributed by atoms with Crippen LogP contribution in [-0.2, 0) is 17.1 Å². The van der Waals surface area contributed by atoms with Crippen LogP contribution in [0.1, 0.15) is 32.6 Å². The number of hydrogen-bond donors (Lipinski definition) is 3. The third-order valence-corrected chi connectivity index (χ3v) is 6.65. The van der Waals surface area contributed by atoms with Crippen LogP contribution in [0.15, 0.2) is 66.7 Å². The van der Waals surface area contributed by atoms with Crippen LogP contribution in [0.2, 0.25) is 0 Å². The van der Waals surface area contributed by atoms with Gasteiger partial charge in [0.15, 0.2) is 0 Å². The van der Waals surface area contributed by atoms with Gasteiger partial charge in [0.2, 0.25) is 5.91 Å². The van der Waals surface area contributed by atoms with Gasteiger partial charge in [0.25, 0.3) is 5.91 Å². The molecule has 0 unspecified atom stereocenters. The molecule has 0 aliphatic carbocycles. The molecular weight excluding hydrogens is 418 g/mol. The van der Waals surface area contributed by atoms with Crippen molar-refractivity contribution in [1.82, 2.24) is 5.32 Å².